The van der Waals surface area contributed by atoms with Crippen LogP contribution >= 0.6 is 0 Å². The molecule has 0 bridgehead atoms. The average Bonchev–Trinajstić information content (AvgIpc) is 1.82. The van der Waals surface area contributed by atoms with Crippen molar-refractivity contribution in [3.63, 3.8) is 0 Å². The first-order valence-corrected chi connectivity index (χ1v) is 3.15. The molecule has 0 saturated carbocycles. The van der Waals surface area contributed by atoms with Gasteiger partial charge in [-0.3, -0.25) is 4.89 Å². The van der Waals surface area contributed by atoms with Crippen molar-refractivity contribution in [2.75, 3.05) is 6.61 Å². The lowest BCUT2D eigenvalue weighted by Crippen LogP contribution is -2.01. The van der Waals surface area contributed by atoms with Gasteiger partial charge < -0.3 is 0 Å². The molecule has 0 unspecified atom stereocenters. The first-order valence-electron chi connectivity index (χ1n) is 3.15. The smallest absolute Gasteiger partial charge is 0.294 e. The zero-order valence-corrected chi connectivity index (χ0v) is 6.51. The van der Waals surface area contributed by atoms with Crippen molar-refractivity contribution in [3.8, 4) is 0 Å². The van der Waals surface area contributed by atoms with E-state index >= 15 is 0 Å². The van der Waals surface area contributed by atoms with Gasteiger partial charge in [0, 0.05) is 6.08 Å². The fourth-order valence-corrected chi connectivity index (χ4v) is 0.377. The molecule has 0 radical (unpaired) electrons. The SMILES string of the molecule is CCOOC(=O)C=C(C)C. The van der Waals surface area contributed by atoms with E-state index in [4.69, 9.17) is 0 Å². The van der Waals surface area contributed by atoms with Crippen molar-refractivity contribution in [1.82, 2.24) is 0 Å². The van der Waals surface area contributed by atoms with Gasteiger partial charge in [0.05, 0.1) is 6.61 Å². The second kappa shape index (κ2) is 4.99. The first kappa shape index (κ1) is 9.17. The molecule has 0 N–H and O–H groups in total. The van der Waals surface area contributed by atoms with E-state index in [1.165, 1.54) is 6.08 Å². The highest BCUT2D eigenvalue weighted by Gasteiger charge is 1.95. The summed E-state index contributed by atoms with van der Waals surface area (Å²) in [6.45, 7) is 5.75. The molecule has 10 heavy (non-hydrogen) atoms. The van der Waals surface area contributed by atoms with Gasteiger partial charge in [-0.15, -0.1) is 0 Å². The topological polar surface area (TPSA) is 35.5 Å². The Balaban J connectivity index is 3.54. The van der Waals surface area contributed by atoms with E-state index in [1.807, 2.05) is 13.8 Å². The van der Waals surface area contributed by atoms with Crippen molar-refractivity contribution in [2.45, 2.75) is 20.8 Å². The quantitative estimate of drug-likeness (QED) is 0.341. The van der Waals surface area contributed by atoms with Crippen LogP contribution in [0.3, 0.4) is 0 Å². The molecule has 0 rings (SSSR count). The minimum atomic E-state index is -0.457. The van der Waals surface area contributed by atoms with Crippen LogP contribution in [0.5, 0.6) is 0 Å². The molecule has 0 fully saturated rings. The first-order chi connectivity index (χ1) is 4.66. The minimum absolute atomic E-state index is 0.377. The van der Waals surface area contributed by atoms with E-state index in [9.17, 15) is 4.79 Å². The third kappa shape index (κ3) is 5.31. The molecule has 3 heteroatoms. The van der Waals surface area contributed by atoms with Crippen LogP contribution in [0.4, 0.5) is 0 Å². The number of rotatable bonds is 3. The van der Waals surface area contributed by atoms with Crippen molar-refractivity contribution in [2.24, 2.45) is 0 Å². The third-order valence-corrected chi connectivity index (χ3v) is 0.665. The normalized spacial score (nSPS) is 8.70. The van der Waals surface area contributed by atoms with Gasteiger partial charge in [-0.1, -0.05) is 5.57 Å². The van der Waals surface area contributed by atoms with Gasteiger partial charge in [0.15, 0.2) is 0 Å². The van der Waals surface area contributed by atoms with Crippen molar-refractivity contribution >= 4 is 5.97 Å². The molecule has 0 atom stereocenters. The minimum Gasteiger partial charge on any atom is -0.294 e. The fourth-order valence-electron chi connectivity index (χ4n) is 0.377. The van der Waals surface area contributed by atoms with Gasteiger partial charge in [0.25, 0.3) is 0 Å². The summed E-state index contributed by atoms with van der Waals surface area (Å²) in [7, 11) is 0. The highest BCUT2D eigenvalue weighted by Crippen LogP contribution is 1.90. The lowest BCUT2D eigenvalue weighted by atomic mass is 10.3. The molecular formula is C7H12O3. The zero-order chi connectivity index (χ0) is 7.98. The predicted octanol–water partition coefficient (Wildman–Crippen LogP) is 1.45. The fraction of sp³-hybridized carbons (Fsp3) is 0.571. The Bertz CT molecular complexity index is 134. The van der Waals surface area contributed by atoms with Crippen LogP contribution in [0.25, 0.3) is 0 Å². The number of hydrogen-bond acceptors (Lipinski definition) is 3. The summed E-state index contributed by atoms with van der Waals surface area (Å²) in [4.78, 5) is 19.3. The van der Waals surface area contributed by atoms with Gasteiger partial charge in [0.1, 0.15) is 0 Å². The highest BCUT2D eigenvalue weighted by atomic mass is 17.2. The number of hydrogen-bond donors (Lipinski definition) is 0. The van der Waals surface area contributed by atoms with Crippen LogP contribution in [-0.4, -0.2) is 12.6 Å². The Kier molecular flexibility index (Phi) is 4.58. The monoisotopic (exact) mass is 144 g/mol. The number of carbonyl (C=O) groups excluding carboxylic acids is 1. The largest absolute Gasteiger partial charge is 0.365 e. The zero-order valence-electron chi connectivity index (χ0n) is 6.51. The molecule has 0 heterocycles. The molecule has 0 saturated heterocycles. The standard InChI is InChI=1S/C7H12O3/c1-4-9-10-7(8)5-6(2)3/h5H,4H2,1-3H3. The maximum Gasteiger partial charge on any atom is 0.365 e. The van der Waals surface area contributed by atoms with Crippen LogP contribution in [-0.2, 0) is 14.6 Å². The van der Waals surface area contributed by atoms with E-state index in [0.29, 0.717) is 6.61 Å². The van der Waals surface area contributed by atoms with Crippen LogP contribution in [0, 0.1) is 0 Å². The molecular weight excluding hydrogens is 132 g/mol. The summed E-state index contributed by atoms with van der Waals surface area (Å²) in [5.74, 6) is -0.457. The van der Waals surface area contributed by atoms with Crippen LogP contribution in [0.1, 0.15) is 20.8 Å². The van der Waals surface area contributed by atoms with Crippen molar-refractivity contribution < 1.29 is 14.6 Å². The molecule has 0 aromatic carbocycles. The third-order valence-electron chi connectivity index (χ3n) is 0.665. The maximum atomic E-state index is 10.6. The molecule has 0 aliphatic rings. The average molecular weight is 144 g/mol. The van der Waals surface area contributed by atoms with Gasteiger partial charge in [-0.2, -0.15) is 4.89 Å². The van der Waals surface area contributed by atoms with Crippen LogP contribution in [0.2, 0.25) is 0 Å². The molecule has 3 nitrogen and oxygen atoms in total. The summed E-state index contributed by atoms with van der Waals surface area (Å²) in [6, 6.07) is 0. The Morgan fingerprint density at radius 2 is 2.10 bits per heavy atom. The number of allylic oxidation sites excluding steroid dienone is 1. The summed E-state index contributed by atoms with van der Waals surface area (Å²) in [6.07, 6.45) is 1.37. The van der Waals surface area contributed by atoms with E-state index < -0.39 is 5.97 Å². The molecule has 0 aliphatic carbocycles. The summed E-state index contributed by atoms with van der Waals surface area (Å²) in [5.41, 5.74) is 0.893. The van der Waals surface area contributed by atoms with Gasteiger partial charge in [-0.25, -0.2) is 4.79 Å². The maximum absolute atomic E-state index is 10.6. The summed E-state index contributed by atoms with van der Waals surface area (Å²) in [5, 5.41) is 0. The van der Waals surface area contributed by atoms with Gasteiger partial charge in [0.2, 0.25) is 0 Å². The Labute approximate surface area is 60.6 Å². The second-order valence-corrected chi connectivity index (χ2v) is 2.03. The van der Waals surface area contributed by atoms with Crippen molar-refractivity contribution in [1.29, 1.82) is 0 Å². The van der Waals surface area contributed by atoms with Crippen LogP contribution in [0.15, 0.2) is 11.6 Å². The summed E-state index contributed by atoms with van der Waals surface area (Å²) >= 11 is 0. The lowest BCUT2D eigenvalue weighted by Gasteiger charge is -1.95. The molecule has 0 spiro atoms. The van der Waals surface area contributed by atoms with E-state index in [2.05, 4.69) is 9.78 Å². The van der Waals surface area contributed by atoms with E-state index in [0.717, 1.165) is 5.57 Å². The van der Waals surface area contributed by atoms with Gasteiger partial charge >= 0.3 is 5.97 Å². The van der Waals surface area contributed by atoms with E-state index in [1.54, 1.807) is 6.92 Å². The molecule has 0 aromatic rings. The molecule has 0 amide bonds. The van der Waals surface area contributed by atoms with Crippen molar-refractivity contribution in [3.05, 3.63) is 11.6 Å². The Hall–Kier alpha value is -0.830. The van der Waals surface area contributed by atoms with Crippen LogP contribution < -0.4 is 0 Å². The molecule has 0 aliphatic heterocycles. The predicted molar refractivity (Wildman–Crippen MR) is 37.1 cm³/mol. The number of carbonyl (C=O) groups is 1. The molecule has 0 aromatic heterocycles. The molecule has 58 valence electrons. The highest BCUT2D eigenvalue weighted by molar-refractivity contribution is 5.82. The van der Waals surface area contributed by atoms with Gasteiger partial charge in [-0.05, 0) is 20.8 Å². The lowest BCUT2D eigenvalue weighted by molar-refractivity contribution is -0.264. The Morgan fingerprint density at radius 1 is 1.50 bits per heavy atom. The summed E-state index contributed by atoms with van der Waals surface area (Å²) < 4.78 is 0. The second-order valence-electron chi connectivity index (χ2n) is 2.03. The van der Waals surface area contributed by atoms with E-state index in [-0.39, 0.29) is 0 Å². The Morgan fingerprint density at radius 3 is 2.50 bits per heavy atom.